The zero-order valence-electron chi connectivity index (χ0n) is 6.63. The van der Waals surface area contributed by atoms with E-state index in [2.05, 4.69) is 0 Å². The van der Waals surface area contributed by atoms with Crippen molar-refractivity contribution in [2.45, 2.75) is 26.4 Å². The molecule has 0 aromatic rings. The largest absolute Gasteiger partial charge is 0.479 e. The summed E-state index contributed by atoms with van der Waals surface area (Å²) in [5.41, 5.74) is 0. The zero-order valence-corrected chi connectivity index (χ0v) is 6.63. The van der Waals surface area contributed by atoms with E-state index in [0.29, 0.717) is 0 Å². The quantitative estimate of drug-likeness (QED) is 0.646. The molecule has 2 atom stereocenters. The Hall–Kier alpha value is -0.570. The molecule has 0 saturated heterocycles. The van der Waals surface area contributed by atoms with E-state index in [9.17, 15) is 4.79 Å². The molecule has 0 rings (SSSR count). The monoisotopic (exact) mass is 146 g/mol. The lowest BCUT2D eigenvalue weighted by Crippen LogP contribution is -2.29. The number of aliphatic carboxylic acids is 1. The number of rotatable bonds is 4. The first-order chi connectivity index (χ1) is 4.63. The highest BCUT2D eigenvalue weighted by Crippen LogP contribution is 2.10. The van der Waals surface area contributed by atoms with Crippen LogP contribution in [0, 0.1) is 5.92 Å². The summed E-state index contributed by atoms with van der Waals surface area (Å²) in [4.78, 5) is 10.4. The number of ether oxygens (including phenoxy) is 1. The van der Waals surface area contributed by atoms with E-state index in [1.165, 1.54) is 7.11 Å². The lowest BCUT2D eigenvalue weighted by atomic mass is 10.0. The summed E-state index contributed by atoms with van der Waals surface area (Å²) in [5.74, 6) is -0.792. The Balaban J connectivity index is 3.92. The summed E-state index contributed by atoms with van der Waals surface area (Å²) in [7, 11) is 1.42. The molecule has 0 aliphatic heterocycles. The van der Waals surface area contributed by atoms with Crippen LogP contribution in [0.4, 0.5) is 0 Å². The van der Waals surface area contributed by atoms with E-state index in [1.807, 2.05) is 13.8 Å². The molecule has 3 nitrogen and oxygen atoms in total. The topological polar surface area (TPSA) is 46.5 Å². The summed E-state index contributed by atoms with van der Waals surface area (Å²) < 4.78 is 4.76. The fourth-order valence-electron chi connectivity index (χ4n) is 0.791. The van der Waals surface area contributed by atoms with Crippen molar-refractivity contribution < 1.29 is 14.6 Å². The number of carboxylic acids is 1. The van der Waals surface area contributed by atoms with E-state index in [4.69, 9.17) is 9.84 Å². The number of carboxylic acid groups (broad SMARTS) is 1. The van der Waals surface area contributed by atoms with Crippen LogP contribution in [-0.4, -0.2) is 24.3 Å². The zero-order chi connectivity index (χ0) is 8.15. The van der Waals surface area contributed by atoms with Crippen molar-refractivity contribution in [3.05, 3.63) is 0 Å². The summed E-state index contributed by atoms with van der Waals surface area (Å²) in [6, 6.07) is 0. The molecular weight excluding hydrogens is 132 g/mol. The molecule has 0 aliphatic rings. The summed E-state index contributed by atoms with van der Waals surface area (Å²) in [6.45, 7) is 3.81. The molecule has 0 saturated carbocycles. The summed E-state index contributed by atoms with van der Waals surface area (Å²) in [5, 5.41) is 8.55. The van der Waals surface area contributed by atoms with Gasteiger partial charge in [-0.25, -0.2) is 4.79 Å². The second kappa shape index (κ2) is 4.28. The van der Waals surface area contributed by atoms with E-state index >= 15 is 0 Å². The summed E-state index contributed by atoms with van der Waals surface area (Å²) in [6.07, 6.45) is 0.176. The van der Waals surface area contributed by atoms with Gasteiger partial charge in [-0.1, -0.05) is 20.3 Å². The Kier molecular flexibility index (Phi) is 4.03. The van der Waals surface area contributed by atoms with Crippen LogP contribution in [0.15, 0.2) is 0 Å². The van der Waals surface area contributed by atoms with Crippen LogP contribution in [0.3, 0.4) is 0 Å². The van der Waals surface area contributed by atoms with Gasteiger partial charge >= 0.3 is 5.97 Å². The molecule has 0 unspecified atom stereocenters. The minimum atomic E-state index is -0.878. The molecule has 0 bridgehead atoms. The second-order valence-corrected chi connectivity index (χ2v) is 2.38. The number of hydrogen-bond acceptors (Lipinski definition) is 2. The van der Waals surface area contributed by atoms with Gasteiger partial charge in [0.2, 0.25) is 0 Å². The number of methoxy groups -OCH3 is 1. The predicted octanol–water partition coefficient (Wildman–Crippen LogP) is 1.13. The van der Waals surface area contributed by atoms with E-state index in [0.717, 1.165) is 6.42 Å². The van der Waals surface area contributed by atoms with Gasteiger partial charge < -0.3 is 9.84 Å². The maximum atomic E-state index is 10.4. The van der Waals surface area contributed by atoms with Crippen LogP contribution in [0.1, 0.15) is 20.3 Å². The van der Waals surface area contributed by atoms with Crippen LogP contribution < -0.4 is 0 Å². The highest BCUT2D eigenvalue weighted by atomic mass is 16.5. The first-order valence-corrected chi connectivity index (χ1v) is 3.39. The Morgan fingerprint density at radius 2 is 2.20 bits per heavy atom. The van der Waals surface area contributed by atoms with Crippen molar-refractivity contribution in [2.75, 3.05) is 7.11 Å². The fraction of sp³-hybridized carbons (Fsp3) is 0.857. The van der Waals surface area contributed by atoms with Gasteiger partial charge in [0.25, 0.3) is 0 Å². The molecule has 0 heterocycles. The lowest BCUT2D eigenvalue weighted by molar-refractivity contribution is -0.151. The van der Waals surface area contributed by atoms with Crippen molar-refractivity contribution in [3.63, 3.8) is 0 Å². The Labute approximate surface area is 61.0 Å². The average Bonchev–Trinajstić information content (AvgIpc) is 1.88. The smallest absolute Gasteiger partial charge is 0.333 e. The number of hydrogen-bond donors (Lipinski definition) is 1. The van der Waals surface area contributed by atoms with Gasteiger partial charge in [0.05, 0.1) is 0 Å². The molecule has 0 spiro atoms. The lowest BCUT2D eigenvalue weighted by Gasteiger charge is -2.15. The van der Waals surface area contributed by atoms with Crippen molar-refractivity contribution in [1.82, 2.24) is 0 Å². The minimum absolute atomic E-state index is 0.0856. The third-order valence-corrected chi connectivity index (χ3v) is 1.66. The molecule has 60 valence electrons. The van der Waals surface area contributed by atoms with Crippen molar-refractivity contribution in [3.8, 4) is 0 Å². The molecule has 1 N–H and O–H groups in total. The Morgan fingerprint density at radius 3 is 2.30 bits per heavy atom. The van der Waals surface area contributed by atoms with Crippen molar-refractivity contribution in [1.29, 1.82) is 0 Å². The third-order valence-electron chi connectivity index (χ3n) is 1.66. The molecule has 0 aromatic carbocycles. The van der Waals surface area contributed by atoms with Crippen LogP contribution >= 0.6 is 0 Å². The minimum Gasteiger partial charge on any atom is -0.479 e. The Bertz CT molecular complexity index is 111. The maximum absolute atomic E-state index is 10.4. The molecule has 10 heavy (non-hydrogen) atoms. The first kappa shape index (κ1) is 9.43. The second-order valence-electron chi connectivity index (χ2n) is 2.38. The number of carbonyl (C=O) groups is 1. The molecule has 0 fully saturated rings. The van der Waals surface area contributed by atoms with Gasteiger partial charge in [-0.2, -0.15) is 0 Å². The highest BCUT2D eigenvalue weighted by molar-refractivity contribution is 5.72. The van der Waals surface area contributed by atoms with Crippen molar-refractivity contribution >= 4 is 5.97 Å². The Morgan fingerprint density at radius 1 is 1.70 bits per heavy atom. The van der Waals surface area contributed by atoms with Crippen molar-refractivity contribution in [2.24, 2.45) is 5.92 Å². The van der Waals surface area contributed by atoms with Gasteiger partial charge in [-0.15, -0.1) is 0 Å². The highest BCUT2D eigenvalue weighted by Gasteiger charge is 2.21. The molecule has 3 heteroatoms. The SMILES string of the molecule is CC[C@H](C)[C@@H](OC)C(=O)O. The van der Waals surface area contributed by atoms with E-state index in [-0.39, 0.29) is 5.92 Å². The molecule has 0 aliphatic carbocycles. The van der Waals surface area contributed by atoms with Gasteiger partial charge in [0, 0.05) is 7.11 Å². The van der Waals surface area contributed by atoms with E-state index in [1.54, 1.807) is 0 Å². The maximum Gasteiger partial charge on any atom is 0.333 e. The molecular formula is C7H14O3. The predicted molar refractivity (Wildman–Crippen MR) is 37.9 cm³/mol. The van der Waals surface area contributed by atoms with E-state index < -0.39 is 12.1 Å². The third kappa shape index (κ3) is 2.35. The molecule has 0 radical (unpaired) electrons. The molecule has 0 aromatic heterocycles. The normalized spacial score (nSPS) is 16.3. The van der Waals surface area contributed by atoms with Gasteiger partial charge in [-0.3, -0.25) is 0 Å². The van der Waals surface area contributed by atoms with Crippen LogP contribution in [-0.2, 0) is 9.53 Å². The fourth-order valence-corrected chi connectivity index (χ4v) is 0.791. The summed E-state index contributed by atoms with van der Waals surface area (Å²) >= 11 is 0. The van der Waals surface area contributed by atoms with Gasteiger partial charge in [0.1, 0.15) is 0 Å². The van der Waals surface area contributed by atoms with Crippen LogP contribution in [0.25, 0.3) is 0 Å². The van der Waals surface area contributed by atoms with Crippen LogP contribution in [0.2, 0.25) is 0 Å². The molecule has 0 amide bonds. The van der Waals surface area contributed by atoms with Gasteiger partial charge in [-0.05, 0) is 5.92 Å². The average molecular weight is 146 g/mol. The van der Waals surface area contributed by atoms with Gasteiger partial charge in [0.15, 0.2) is 6.10 Å². The standard InChI is InChI=1S/C7H14O3/c1-4-5(2)6(10-3)7(8)9/h5-6H,4H2,1-3H3,(H,8,9)/t5-,6+/m0/s1. The first-order valence-electron chi connectivity index (χ1n) is 3.39. The van der Waals surface area contributed by atoms with Crippen LogP contribution in [0.5, 0.6) is 0 Å².